The minimum absolute atomic E-state index is 0.320. The highest BCUT2D eigenvalue weighted by molar-refractivity contribution is 7.87. The van der Waals surface area contributed by atoms with E-state index in [0.717, 1.165) is 19.3 Å². The van der Waals surface area contributed by atoms with Crippen LogP contribution in [0.5, 0.6) is 0 Å². The topological polar surface area (TPSA) is 69.6 Å². The van der Waals surface area contributed by atoms with Gasteiger partial charge in [-0.05, 0) is 12.8 Å². The predicted molar refractivity (Wildman–Crippen MR) is 63.2 cm³/mol. The Morgan fingerprint density at radius 3 is 2.31 bits per heavy atom. The number of hydrogen-bond donors (Lipinski definition) is 2. The first kappa shape index (κ1) is 13.9. The lowest BCUT2D eigenvalue weighted by molar-refractivity contribution is 0.100. The molecule has 0 aromatic rings. The molecule has 5 nitrogen and oxygen atoms in total. The Kier molecular flexibility index (Phi) is 5.17. The molecule has 0 aliphatic heterocycles. The molecule has 0 aromatic heterocycles. The van der Waals surface area contributed by atoms with Crippen molar-refractivity contribution in [2.24, 2.45) is 0 Å². The van der Waals surface area contributed by atoms with Crippen LogP contribution in [0, 0.1) is 0 Å². The largest absolute Gasteiger partial charge is 0.391 e. The average molecular weight is 250 g/mol. The zero-order chi connectivity index (χ0) is 12.2. The maximum Gasteiger partial charge on any atom is 0.279 e. The lowest BCUT2D eigenvalue weighted by Gasteiger charge is -2.30. The van der Waals surface area contributed by atoms with Crippen LogP contribution in [-0.4, -0.2) is 43.1 Å². The molecule has 0 amide bonds. The summed E-state index contributed by atoms with van der Waals surface area (Å²) in [6, 6.07) is -0.320. The summed E-state index contributed by atoms with van der Waals surface area (Å²) in [4.78, 5) is 0. The number of hydrogen-bond acceptors (Lipinski definition) is 3. The molecule has 1 aliphatic carbocycles. The summed E-state index contributed by atoms with van der Waals surface area (Å²) in [7, 11) is -3.43. The Morgan fingerprint density at radius 1 is 1.25 bits per heavy atom. The van der Waals surface area contributed by atoms with Crippen molar-refractivity contribution in [1.82, 2.24) is 9.03 Å². The van der Waals surface area contributed by atoms with E-state index < -0.39 is 16.3 Å². The highest BCUT2D eigenvalue weighted by Gasteiger charge is 2.29. The van der Waals surface area contributed by atoms with Gasteiger partial charge in [0.25, 0.3) is 10.2 Å². The van der Waals surface area contributed by atoms with E-state index in [9.17, 15) is 13.5 Å². The number of nitrogens with one attached hydrogen (secondary N) is 1. The lowest BCUT2D eigenvalue weighted by Crippen LogP contribution is -2.50. The van der Waals surface area contributed by atoms with Crippen molar-refractivity contribution in [3.63, 3.8) is 0 Å². The van der Waals surface area contributed by atoms with E-state index in [1.54, 1.807) is 13.8 Å². The Hall–Kier alpha value is -0.170. The number of aliphatic hydroxyl groups excluding tert-OH is 1. The van der Waals surface area contributed by atoms with Crippen LogP contribution in [0.3, 0.4) is 0 Å². The summed E-state index contributed by atoms with van der Waals surface area (Å²) < 4.78 is 27.8. The fourth-order valence-electron chi connectivity index (χ4n) is 2.08. The maximum absolute atomic E-state index is 11.9. The van der Waals surface area contributed by atoms with Crippen LogP contribution >= 0.6 is 0 Å². The van der Waals surface area contributed by atoms with Crippen molar-refractivity contribution >= 4 is 10.2 Å². The van der Waals surface area contributed by atoms with Crippen molar-refractivity contribution < 1.29 is 13.5 Å². The molecule has 1 fully saturated rings. The molecule has 0 aromatic carbocycles. The second kappa shape index (κ2) is 5.95. The first-order valence-corrected chi connectivity index (χ1v) is 7.40. The minimum Gasteiger partial charge on any atom is -0.391 e. The highest BCUT2D eigenvalue weighted by atomic mass is 32.2. The second-order valence-electron chi connectivity index (χ2n) is 4.17. The molecule has 0 unspecified atom stereocenters. The van der Waals surface area contributed by atoms with E-state index >= 15 is 0 Å². The summed E-state index contributed by atoms with van der Waals surface area (Å²) >= 11 is 0. The molecular weight excluding hydrogens is 228 g/mol. The first-order valence-electron chi connectivity index (χ1n) is 5.96. The van der Waals surface area contributed by atoms with Crippen LogP contribution < -0.4 is 4.72 Å². The lowest BCUT2D eigenvalue weighted by atomic mass is 9.93. The SMILES string of the molecule is CCN(CC)S(=O)(=O)N[C@H]1CCCC[C@@H]1O. The van der Waals surface area contributed by atoms with Crippen LogP contribution in [0.1, 0.15) is 39.5 Å². The standard InChI is InChI=1S/C10H22N2O3S/c1-3-12(4-2)16(14,15)11-9-7-5-6-8-10(9)13/h9-11,13H,3-8H2,1-2H3/t9-,10-/m0/s1. The molecule has 1 aliphatic rings. The molecule has 0 heterocycles. The van der Waals surface area contributed by atoms with E-state index in [-0.39, 0.29) is 6.04 Å². The van der Waals surface area contributed by atoms with Gasteiger partial charge in [0.15, 0.2) is 0 Å². The van der Waals surface area contributed by atoms with Gasteiger partial charge in [-0.3, -0.25) is 0 Å². The Bertz CT molecular complexity index is 301. The molecular formula is C10H22N2O3S. The summed E-state index contributed by atoms with van der Waals surface area (Å²) in [5, 5.41) is 9.71. The molecule has 2 atom stereocenters. The van der Waals surface area contributed by atoms with Gasteiger partial charge in [0.05, 0.1) is 6.10 Å². The van der Waals surface area contributed by atoms with Gasteiger partial charge in [0.1, 0.15) is 0 Å². The third-order valence-electron chi connectivity index (χ3n) is 3.08. The number of rotatable bonds is 5. The minimum atomic E-state index is -3.43. The molecule has 6 heteroatoms. The van der Waals surface area contributed by atoms with E-state index in [1.807, 2.05) is 0 Å². The first-order chi connectivity index (χ1) is 7.51. The third kappa shape index (κ3) is 3.41. The maximum atomic E-state index is 11.9. The van der Waals surface area contributed by atoms with Gasteiger partial charge in [0.2, 0.25) is 0 Å². The fraction of sp³-hybridized carbons (Fsp3) is 1.00. The summed E-state index contributed by atoms with van der Waals surface area (Å²) in [5.74, 6) is 0. The van der Waals surface area contributed by atoms with Crippen LogP contribution in [-0.2, 0) is 10.2 Å². The average Bonchev–Trinajstić information content (AvgIpc) is 2.22. The van der Waals surface area contributed by atoms with Gasteiger partial charge in [0, 0.05) is 19.1 Å². The third-order valence-corrected chi connectivity index (χ3v) is 4.87. The van der Waals surface area contributed by atoms with Crippen LogP contribution in [0.2, 0.25) is 0 Å². The normalized spacial score (nSPS) is 27.2. The van der Waals surface area contributed by atoms with Crippen molar-refractivity contribution in [2.75, 3.05) is 13.1 Å². The molecule has 0 bridgehead atoms. The van der Waals surface area contributed by atoms with Crippen molar-refractivity contribution in [3.05, 3.63) is 0 Å². The Balaban J connectivity index is 2.63. The van der Waals surface area contributed by atoms with Gasteiger partial charge in [-0.2, -0.15) is 17.4 Å². The van der Waals surface area contributed by atoms with Gasteiger partial charge >= 0.3 is 0 Å². The molecule has 16 heavy (non-hydrogen) atoms. The highest BCUT2D eigenvalue weighted by Crippen LogP contribution is 2.19. The Labute approximate surface area is 98.0 Å². The summed E-state index contributed by atoms with van der Waals surface area (Å²) in [6.45, 7) is 4.52. The van der Waals surface area contributed by atoms with Gasteiger partial charge in [-0.1, -0.05) is 26.7 Å². The van der Waals surface area contributed by atoms with Crippen LogP contribution in [0.4, 0.5) is 0 Å². The fourth-order valence-corrected chi connectivity index (χ4v) is 3.56. The molecule has 1 rings (SSSR count). The van der Waals surface area contributed by atoms with Gasteiger partial charge in [-0.15, -0.1) is 0 Å². The monoisotopic (exact) mass is 250 g/mol. The number of aliphatic hydroxyl groups is 1. The predicted octanol–water partition coefficient (Wildman–Crippen LogP) is 0.466. The smallest absolute Gasteiger partial charge is 0.279 e. The second-order valence-corrected chi connectivity index (χ2v) is 5.87. The van der Waals surface area contributed by atoms with Crippen LogP contribution in [0.25, 0.3) is 0 Å². The molecule has 2 N–H and O–H groups in total. The van der Waals surface area contributed by atoms with E-state index in [4.69, 9.17) is 0 Å². The molecule has 1 saturated carbocycles. The zero-order valence-corrected chi connectivity index (χ0v) is 10.8. The van der Waals surface area contributed by atoms with E-state index in [0.29, 0.717) is 19.5 Å². The Morgan fingerprint density at radius 2 is 1.81 bits per heavy atom. The van der Waals surface area contributed by atoms with Gasteiger partial charge < -0.3 is 5.11 Å². The van der Waals surface area contributed by atoms with Gasteiger partial charge in [-0.25, -0.2) is 0 Å². The molecule has 96 valence electrons. The van der Waals surface area contributed by atoms with E-state index in [2.05, 4.69) is 4.72 Å². The summed E-state index contributed by atoms with van der Waals surface area (Å²) in [5.41, 5.74) is 0. The summed E-state index contributed by atoms with van der Waals surface area (Å²) in [6.07, 6.45) is 2.82. The number of nitrogens with zero attached hydrogens (tertiary/aromatic N) is 1. The molecule has 0 spiro atoms. The quantitative estimate of drug-likeness (QED) is 0.745. The van der Waals surface area contributed by atoms with Crippen molar-refractivity contribution in [1.29, 1.82) is 0 Å². The zero-order valence-electron chi connectivity index (χ0n) is 10.0. The van der Waals surface area contributed by atoms with Crippen molar-refractivity contribution in [2.45, 2.75) is 51.7 Å². The molecule has 0 saturated heterocycles. The molecule has 0 radical (unpaired) electrons. The van der Waals surface area contributed by atoms with E-state index in [1.165, 1.54) is 4.31 Å². The van der Waals surface area contributed by atoms with Crippen molar-refractivity contribution in [3.8, 4) is 0 Å². The van der Waals surface area contributed by atoms with Crippen LogP contribution in [0.15, 0.2) is 0 Å².